The van der Waals surface area contributed by atoms with E-state index in [0.717, 1.165) is 6.42 Å². The van der Waals surface area contributed by atoms with Gasteiger partial charge in [-0.3, -0.25) is 9.59 Å². The van der Waals surface area contributed by atoms with Gasteiger partial charge in [-0.1, -0.05) is 19.9 Å². The Morgan fingerprint density at radius 3 is 2.52 bits per heavy atom. The molecule has 1 unspecified atom stereocenters. The molecule has 0 radical (unpaired) electrons. The van der Waals surface area contributed by atoms with Gasteiger partial charge in [0.25, 0.3) is 5.91 Å². The Kier molecular flexibility index (Phi) is 6.34. The largest absolute Gasteiger partial charge is 0.481 e. The second-order valence-electron chi connectivity index (χ2n) is 5.77. The molecule has 21 heavy (non-hydrogen) atoms. The molecule has 2 N–H and O–H groups in total. The van der Waals surface area contributed by atoms with Crippen molar-refractivity contribution in [2.24, 2.45) is 11.8 Å². The summed E-state index contributed by atoms with van der Waals surface area (Å²) < 4.78 is 13.4. The van der Waals surface area contributed by atoms with Crippen LogP contribution in [0.4, 0.5) is 4.39 Å². The molecule has 0 aliphatic heterocycles. The number of carboxylic acid groups (broad SMARTS) is 1. The summed E-state index contributed by atoms with van der Waals surface area (Å²) in [5.41, 5.74) is 0.729. The van der Waals surface area contributed by atoms with Crippen LogP contribution < -0.4 is 5.32 Å². The molecule has 0 spiro atoms. The van der Waals surface area contributed by atoms with E-state index in [0.29, 0.717) is 11.5 Å². The summed E-state index contributed by atoms with van der Waals surface area (Å²) in [7, 11) is 0. The van der Waals surface area contributed by atoms with Crippen LogP contribution >= 0.6 is 0 Å². The number of carbonyl (C=O) groups is 2. The minimum absolute atomic E-state index is 0.0146. The van der Waals surface area contributed by atoms with Crippen molar-refractivity contribution in [1.29, 1.82) is 0 Å². The van der Waals surface area contributed by atoms with Gasteiger partial charge in [0, 0.05) is 18.5 Å². The zero-order valence-corrected chi connectivity index (χ0v) is 12.6. The van der Waals surface area contributed by atoms with Crippen molar-refractivity contribution in [3.63, 3.8) is 0 Å². The zero-order chi connectivity index (χ0) is 16.0. The highest BCUT2D eigenvalue weighted by Gasteiger charge is 2.17. The number of hydrogen-bond donors (Lipinski definition) is 2. The Bertz CT molecular complexity index is 514. The summed E-state index contributed by atoms with van der Waals surface area (Å²) >= 11 is 0. The van der Waals surface area contributed by atoms with Crippen LogP contribution in [0.3, 0.4) is 0 Å². The minimum Gasteiger partial charge on any atom is -0.481 e. The summed E-state index contributed by atoms with van der Waals surface area (Å²) in [6.07, 6.45) is 0.732. The van der Waals surface area contributed by atoms with Crippen LogP contribution in [-0.2, 0) is 4.79 Å². The van der Waals surface area contributed by atoms with Crippen molar-refractivity contribution < 1.29 is 19.1 Å². The van der Waals surface area contributed by atoms with Crippen molar-refractivity contribution in [1.82, 2.24) is 5.32 Å². The van der Waals surface area contributed by atoms with E-state index in [-0.39, 0.29) is 30.4 Å². The van der Waals surface area contributed by atoms with E-state index in [1.165, 1.54) is 6.07 Å². The lowest BCUT2D eigenvalue weighted by Crippen LogP contribution is -2.31. The number of nitrogens with one attached hydrogen (secondary N) is 1. The molecule has 1 amide bonds. The third-order valence-corrected chi connectivity index (χ3v) is 3.25. The molecule has 0 saturated heterocycles. The molecule has 0 fully saturated rings. The summed E-state index contributed by atoms with van der Waals surface area (Å²) in [6, 6.07) is 4.30. The molecule has 0 aliphatic rings. The number of carboxylic acids is 1. The molecular formula is C16H22FNO3. The number of amides is 1. The van der Waals surface area contributed by atoms with Crippen molar-refractivity contribution in [3.8, 4) is 0 Å². The fourth-order valence-electron chi connectivity index (χ4n) is 2.23. The Morgan fingerprint density at radius 2 is 2.00 bits per heavy atom. The van der Waals surface area contributed by atoms with E-state index >= 15 is 0 Å². The van der Waals surface area contributed by atoms with Crippen molar-refractivity contribution in [3.05, 3.63) is 35.1 Å². The standard InChI is InChI=1S/C16H22FNO3/c1-10(2)6-12(7-15(19)20)9-18-16(21)13-5-4-11(3)14(17)8-13/h4-5,8,10,12H,6-7,9H2,1-3H3,(H,18,21)(H,19,20). The molecule has 0 bridgehead atoms. The Balaban J connectivity index is 2.63. The topological polar surface area (TPSA) is 66.4 Å². The third kappa shape index (κ3) is 5.94. The van der Waals surface area contributed by atoms with Crippen LogP contribution in [-0.4, -0.2) is 23.5 Å². The zero-order valence-electron chi connectivity index (χ0n) is 12.6. The predicted molar refractivity (Wildman–Crippen MR) is 78.7 cm³/mol. The van der Waals surface area contributed by atoms with Gasteiger partial charge in [0.15, 0.2) is 0 Å². The number of hydrogen-bond acceptors (Lipinski definition) is 2. The second kappa shape index (κ2) is 7.76. The highest BCUT2D eigenvalue weighted by atomic mass is 19.1. The maximum absolute atomic E-state index is 13.4. The molecule has 0 saturated carbocycles. The number of aliphatic carboxylic acids is 1. The first-order chi connectivity index (χ1) is 9.79. The molecule has 116 valence electrons. The lowest BCUT2D eigenvalue weighted by Gasteiger charge is -2.17. The first kappa shape index (κ1) is 17.1. The quantitative estimate of drug-likeness (QED) is 0.812. The van der Waals surface area contributed by atoms with Crippen LogP contribution in [0.5, 0.6) is 0 Å². The summed E-state index contributed by atoms with van der Waals surface area (Å²) in [4.78, 5) is 22.8. The first-order valence-corrected chi connectivity index (χ1v) is 7.05. The van der Waals surface area contributed by atoms with Crippen molar-refractivity contribution in [2.45, 2.75) is 33.6 Å². The van der Waals surface area contributed by atoms with Crippen LogP contribution in [0.1, 0.15) is 42.6 Å². The third-order valence-electron chi connectivity index (χ3n) is 3.25. The van der Waals surface area contributed by atoms with Crippen LogP contribution in [0.15, 0.2) is 18.2 Å². The summed E-state index contributed by atoms with van der Waals surface area (Å²) in [6.45, 7) is 5.92. The van der Waals surface area contributed by atoms with E-state index in [1.807, 2.05) is 13.8 Å². The van der Waals surface area contributed by atoms with Crippen LogP contribution in [0.2, 0.25) is 0 Å². The second-order valence-corrected chi connectivity index (χ2v) is 5.77. The van der Waals surface area contributed by atoms with Crippen LogP contribution in [0, 0.1) is 24.6 Å². The maximum Gasteiger partial charge on any atom is 0.303 e. The summed E-state index contributed by atoms with van der Waals surface area (Å²) in [5.74, 6) is -1.46. The highest BCUT2D eigenvalue weighted by molar-refractivity contribution is 5.94. The van der Waals surface area contributed by atoms with Gasteiger partial charge in [0.2, 0.25) is 0 Å². The smallest absolute Gasteiger partial charge is 0.303 e. The van der Waals surface area contributed by atoms with Crippen molar-refractivity contribution >= 4 is 11.9 Å². The fraction of sp³-hybridized carbons (Fsp3) is 0.500. The Hall–Kier alpha value is -1.91. The molecule has 0 aromatic heterocycles. The SMILES string of the molecule is Cc1ccc(C(=O)NCC(CC(=O)O)CC(C)C)cc1F. The average Bonchev–Trinajstić information content (AvgIpc) is 2.37. The molecule has 0 aliphatic carbocycles. The van der Waals surface area contributed by atoms with E-state index < -0.39 is 11.8 Å². The molecule has 0 heterocycles. The minimum atomic E-state index is -0.878. The molecule has 1 rings (SSSR count). The summed E-state index contributed by atoms with van der Waals surface area (Å²) in [5, 5.41) is 11.6. The lowest BCUT2D eigenvalue weighted by molar-refractivity contribution is -0.138. The maximum atomic E-state index is 13.4. The molecule has 1 aromatic rings. The number of rotatable bonds is 7. The monoisotopic (exact) mass is 295 g/mol. The number of benzene rings is 1. The van der Waals surface area contributed by atoms with Crippen molar-refractivity contribution in [2.75, 3.05) is 6.54 Å². The first-order valence-electron chi connectivity index (χ1n) is 7.05. The molecule has 1 atom stereocenters. The van der Waals surface area contributed by atoms with E-state index in [2.05, 4.69) is 5.32 Å². The Morgan fingerprint density at radius 1 is 1.33 bits per heavy atom. The van der Waals surface area contributed by atoms with Gasteiger partial charge in [-0.15, -0.1) is 0 Å². The fourth-order valence-corrected chi connectivity index (χ4v) is 2.23. The lowest BCUT2D eigenvalue weighted by atomic mass is 9.94. The highest BCUT2D eigenvalue weighted by Crippen LogP contribution is 2.15. The van der Waals surface area contributed by atoms with Gasteiger partial charge < -0.3 is 10.4 Å². The van der Waals surface area contributed by atoms with E-state index in [1.54, 1.807) is 19.1 Å². The normalized spacial score (nSPS) is 12.2. The number of aryl methyl sites for hydroxylation is 1. The molecular weight excluding hydrogens is 273 g/mol. The average molecular weight is 295 g/mol. The van der Waals surface area contributed by atoms with Gasteiger partial charge in [0.1, 0.15) is 5.82 Å². The van der Waals surface area contributed by atoms with Gasteiger partial charge in [-0.2, -0.15) is 0 Å². The number of carbonyl (C=O) groups excluding carboxylic acids is 1. The molecule has 4 nitrogen and oxygen atoms in total. The van der Waals surface area contributed by atoms with E-state index in [9.17, 15) is 14.0 Å². The van der Waals surface area contributed by atoms with E-state index in [4.69, 9.17) is 5.11 Å². The van der Waals surface area contributed by atoms with Gasteiger partial charge in [-0.25, -0.2) is 4.39 Å². The van der Waals surface area contributed by atoms with Gasteiger partial charge >= 0.3 is 5.97 Å². The Labute approximate surface area is 124 Å². The van der Waals surface area contributed by atoms with Gasteiger partial charge in [-0.05, 0) is 42.9 Å². The molecule has 1 aromatic carbocycles. The molecule has 5 heteroatoms. The number of halogens is 1. The van der Waals surface area contributed by atoms with Crippen LogP contribution in [0.25, 0.3) is 0 Å². The van der Waals surface area contributed by atoms with Gasteiger partial charge in [0.05, 0.1) is 0 Å². The predicted octanol–water partition coefficient (Wildman–Crippen LogP) is 3.00.